The van der Waals surface area contributed by atoms with Crippen LogP contribution < -0.4 is 15.0 Å². The zero-order valence-corrected chi connectivity index (χ0v) is 14.8. The summed E-state index contributed by atoms with van der Waals surface area (Å²) in [4.78, 5) is 19.3. The monoisotopic (exact) mass is 367 g/mol. The highest BCUT2D eigenvalue weighted by Gasteiger charge is 2.10. The number of benzene rings is 2. The van der Waals surface area contributed by atoms with E-state index < -0.39 is 0 Å². The number of ether oxygens (including phenoxy) is 2. The van der Waals surface area contributed by atoms with Crippen molar-refractivity contribution in [1.82, 2.24) is 9.97 Å². The van der Waals surface area contributed by atoms with Gasteiger partial charge in [-0.15, -0.1) is 0 Å². The maximum Gasteiger partial charge on any atom is 0.259 e. The van der Waals surface area contributed by atoms with Crippen molar-refractivity contribution >= 4 is 34.2 Å². The van der Waals surface area contributed by atoms with Gasteiger partial charge in [-0.1, -0.05) is 17.7 Å². The molecule has 0 aliphatic heterocycles. The lowest BCUT2D eigenvalue weighted by Crippen LogP contribution is -2.11. The molecule has 0 aliphatic carbocycles. The summed E-state index contributed by atoms with van der Waals surface area (Å²) in [6.07, 6.45) is 1.61. The number of nitrogens with one attached hydrogen (secondary N) is 1. The SMILES string of the molecule is COc1ccc(/C=C(\C#N)c2nc3ccc(Cl)cc3c(=O)[nH]2)cc1OC. The highest BCUT2D eigenvalue weighted by molar-refractivity contribution is 6.31. The molecule has 3 aromatic rings. The minimum Gasteiger partial charge on any atom is -0.493 e. The molecule has 0 fully saturated rings. The molecular weight excluding hydrogens is 354 g/mol. The van der Waals surface area contributed by atoms with Gasteiger partial charge in [0.1, 0.15) is 6.07 Å². The van der Waals surface area contributed by atoms with E-state index in [9.17, 15) is 10.1 Å². The Morgan fingerprint density at radius 3 is 2.65 bits per heavy atom. The van der Waals surface area contributed by atoms with Crippen LogP contribution in [0.15, 0.2) is 41.2 Å². The maximum atomic E-state index is 12.3. The molecule has 6 nitrogen and oxygen atoms in total. The van der Waals surface area contributed by atoms with Crippen LogP contribution in [-0.4, -0.2) is 24.2 Å². The molecule has 0 spiro atoms. The van der Waals surface area contributed by atoms with Crippen molar-refractivity contribution in [2.45, 2.75) is 0 Å². The van der Waals surface area contributed by atoms with Crippen LogP contribution in [0.2, 0.25) is 5.02 Å². The molecule has 1 heterocycles. The molecule has 0 bridgehead atoms. The zero-order valence-electron chi connectivity index (χ0n) is 14.0. The van der Waals surface area contributed by atoms with Gasteiger partial charge in [0, 0.05) is 5.02 Å². The van der Waals surface area contributed by atoms with E-state index in [1.807, 2.05) is 0 Å². The second-order valence-electron chi connectivity index (χ2n) is 5.36. The third-order valence-corrected chi connectivity index (χ3v) is 4.00. The Balaban J connectivity index is 2.11. The van der Waals surface area contributed by atoms with Gasteiger partial charge in [0.05, 0.1) is 30.7 Å². The molecule has 26 heavy (non-hydrogen) atoms. The van der Waals surface area contributed by atoms with E-state index in [4.69, 9.17) is 21.1 Å². The number of hydrogen-bond acceptors (Lipinski definition) is 5. The summed E-state index contributed by atoms with van der Waals surface area (Å²) >= 11 is 5.91. The molecule has 0 unspecified atom stereocenters. The Bertz CT molecular complexity index is 1110. The van der Waals surface area contributed by atoms with E-state index >= 15 is 0 Å². The number of methoxy groups -OCH3 is 2. The predicted octanol–water partition coefficient (Wildman–Crippen LogP) is 3.66. The van der Waals surface area contributed by atoms with Gasteiger partial charge in [0.25, 0.3) is 5.56 Å². The molecule has 3 rings (SSSR count). The molecule has 0 saturated heterocycles. The number of allylic oxidation sites excluding steroid dienone is 1. The molecule has 7 heteroatoms. The summed E-state index contributed by atoms with van der Waals surface area (Å²) in [5.74, 6) is 1.30. The molecule has 130 valence electrons. The van der Waals surface area contributed by atoms with Crippen LogP contribution in [-0.2, 0) is 0 Å². The molecule has 0 atom stereocenters. The van der Waals surface area contributed by atoms with Gasteiger partial charge in [0.2, 0.25) is 0 Å². The Hall–Kier alpha value is -3.30. The van der Waals surface area contributed by atoms with Crippen molar-refractivity contribution in [2.75, 3.05) is 14.2 Å². The highest BCUT2D eigenvalue weighted by Crippen LogP contribution is 2.29. The molecule has 1 aromatic heterocycles. The lowest BCUT2D eigenvalue weighted by atomic mass is 10.1. The Morgan fingerprint density at radius 1 is 1.19 bits per heavy atom. The van der Waals surface area contributed by atoms with Crippen LogP contribution >= 0.6 is 11.6 Å². The van der Waals surface area contributed by atoms with Gasteiger partial charge >= 0.3 is 0 Å². The standard InChI is InChI=1S/C19H14ClN3O3/c1-25-16-6-3-11(8-17(16)26-2)7-12(10-21)18-22-15-5-4-13(20)9-14(15)19(24)23-18/h3-9H,1-2H3,(H,22,23,24)/b12-7+. The fraction of sp³-hybridized carbons (Fsp3) is 0.105. The third kappa shape index (κ3) is 3.39. The zero-order chi connectivity index (χ0) is 18.7. The van der Waals surface area contributed by atoms with Gasteiger partial charge < -0.3 is 14.5 Å². The molecule has 0 saturated carbocycles. The first-order chi connectivity index (χ1) is 12.5. The molecule has 0 radical (unpaired) electrons. The fourth-order valence-electron chi connectivity index (χ4n) is 2.50. The number of aromatic nitrogens is 2. The van der Waals surface area contributed by atoms with E-state index in [1.54, 1.807) is 43.5 Å². The average Bonchev–Trinajstić information content (AvgIpc) is 2.66. The van der Waals surface area contributed by atoms with Crippen molar-refractivity contribution in [3.8, 4) is 17.6 Å². The summed E-state index contributed by atoms with van der Waals surface area (Å²) in [6.45, 7) is 0. The van der Waals surface area contributed by atoms with Gasteiger partial charge in [-0.25, -0.2) is 4.98 Å². The second-order valence-corrected chi connectivity index (χ2v) is 5.80. The van der Waals surface area contributed by atoms with Crippen LogP contribution in [0.25, 0.3) is 22.6 Å². The summed E-state index contributed by atoms with van der Waals surface area (Å²) in [5, 5.41) is 10.3. The Morgan fingerprint density at radius 2 is 1.96 bits per heavy atom. The number of halogens is 1. The molecular formula is C19H14ClN3O3. The summed E-state index contributed by atoms with van der Waals surface area (Å²) < 4.78 is 10.5. The minimum absolute atomic E-state index is 0.183. The molecule has 0 amide bonds. The Kier molecular flexibility index (Phi) is 4.92. The van der Waals surface area contributed by atoms with Gasteiger partial charge in [-0.3, -0.25) is 4.79 Å². The lowest BCUT2D eigenvalue weighted by Gasteiger charge is -2.08. The van der Waals surface area contributed by atoms with E-state index in [1.165, 1.54) is 13.2 Å². The van der Waals surface area contributed by atoms with E-state index in [2.05, 4.69) is 16.0 Å². The van der Waals surface area contributed by atoms with Crippen LogP contribution in [0.5, 0.6) is 11.5 Å². The average molecular weight is 368 g/mol. The lowest BCUT2D eigenvalue weighted by molar-refractivity contribution is 0.355. The van der Waals surface area contributed by atoms with Gasteiger partial charge in [-0.2, -0.15) is 5.26 Å². The smallest absolute Gasteiger partial charge is 0.259 e. The first-order valence-electron chi connectivity index (χ1n) is 7.59. The second kappa shape index (κ2) is 7.30. The highest BCUT2D eigenvalue weighted by atomic mass is 35.5. The molecule has 1 N–H and O–H groups in total. The van der Waals surface area contributed by atoms with Crippen molar-refractivity contribution in [3.05, 3.63) is 63.2 Å². The Labute approximate surface area is 154 Å². The van der Waals surface area contributed by atoms with Crippen molar-refractivity contribution in [3.63, 3.8) is 0 Å². The summed E-state index contributed by atoms with van der Waals surface area (Å²) in [7, 11) is 3.08. The largest absolute Gasteiger partial charge is 0.493 e. The summed E-state index contributed by atoms with van der Waals surface area (Å²) in [5.41, 5.74) is 1.02. The topological polar surface area (TPSA) is 88.0 Å². The number of nitriles is 1. The van der Waals surface area contributed by atoms with Crippen LogP contribution in [0.3, 0.4) is 0 Å². The number of hydrogen-bond donors (Lipinski definition) is 1. The van der Waals surface area contributed by atoms with E-state index in [0.29, 0.717) is 33.0 Å². The first kappa shape index (κ1) is 17.5. The maximum absolute atomic E-state index is 12.3. The van der Waals surface area contributed by atoms with Crippen molar-refractivity contribution in [2.24, 2.45) is 0 Å². The normalized spacial score (nSPS) is 11.2. The molecule has 0 aliphatic rings. The van der Waals surface area contributed by atoms with E-state index in [0.717, 1.165) is 0 Å². The first-order valence-corrected chi connectivity index (χ1v) is 7.97. The third-order valence-electron chi connectivity index (χ3n) is 3.76. The van der Waals surface area contributed by atoms with Crippen molar-refractivity contribution < 1.29 is 9.47 Å². The van der Waals surface area contributed by atoms with E-state index in [-0.39, 0.29) is 17.0 Å². The molecule has 2 aromatic carbocycles. The summed E-state index contributed by atoms with van der Waals surface area (Å²) in [6, 6.07) is 12.1. The number of H-pyrrole nitrogens is 1. The quantitative estimate of drug-likeness (QED) is 0.711. The van der Waals surface area contributed by atoms with Crippen molar-refractivity contribution in [1.29, 1.82) is 5.26 Å². The number of aromatic amines is 1. The van der Waals surface area contributed by atoms with Crippen LogP contribution in [0.4, 0.5) is 0 Å². The van der Waals surface area contributed by atoms with Gasteiger partial charge in [-0.05, 0) is 42.0 Å². The minimum atomic E-state index is -0.360. The predicted molar refractivity (Wildman–Crippen MR) is 100 cm³/mol. The van der Waals surface area contributed by atoms with Gasteiger partial charge in [0.15, 0.2) is 17.3 Å². The number of rotatable bonds is 4. The fourth-order valence-corrected chi connectivity index (χ4v) is 2.67. The van der Waals surface area contributed by atoms with Crippen LogP contribution in [0.1, 0.15) is 11.4 Å². The number of fused-ring (bicyclic) bond motifs is 1. The number of nitrogens with zero attached hydrogens (tertiary/aromatic N) is 2. The van der Waals surface area contributed by atoms with Crippen LogP contribution in [0, 0.1) is 11.3 Å².